The topological polar surface area (TPSA) is 77.7 Å². The van der Waals surface area contributed by atoms with Gasteiger partial charge in [0.2, 0.25) is 0 Å². The van der Waals surface area contributed by atoms with E-state index in [1.807, 2.05) is 22.8 Å². The van der Waals surface area contributed by atoms with Crippen LogP contribution in [0.25, 0.3) is 11.0 Å². The third-order valence-electron chi connectivity index (χ3n) is 7.07. The standard InChI is InChI=1S/C25H28N4O4/c30-23-5-2-18-3-6-24(31)29-20(16-28(23)25(18)29)15-27-9-7-19(8-10-27)26-14-17-1-4-21-22(13-17)33-12-11-32-21/h1-6,13,19-20,26H,7-12,14-16H2. The molecule has 3 aromatic rings. The van der Waals surface area contributed by atoms with Gasteiger partial charge in [0.25, 0.3) is 11.1 Å². The van der Waals surface area contributed by atoms with Gasteiger partial charge in [-0.3, -0.25) is 18.7 Å². The van der Waals surface area contributed by atoms with Crippen molar-refractivity contribution in [1.82, 2.24) is 19.4 Å². The summed E-state index contributed by atoms with van der Waals surface area (Å²) in [4.78, 5) is 27.4. The number of ether oxygens (including phenoxy) is 2. The predicted molar refractivity (Wildman–Crippen MR) is 125 cm³/mol. The van der Waals surface area contributed by atoms with Crippen LogP contribution in [0.1, 0.15) is 24.4 Å². The maximum Gasteiger partial charge on any atom is 0.252 e. The van der Waals surface area contributed by atoms with Crippen LogP contribution in [0.4, 0.5) is 0 Å². The lowest BCUT2D eigenvalue weighted by molar-refractivity contribution is 0.169. The van der Waals surface area contributed by atoms with Crippen molar-refractivity contribution in [2.24, 2.45) is 0 Å². The summed E-state index contributed by atoms with van der Waals surface area (Å²) in [6.07, 6.45) is 2.12. The molecule has 6 rings (SSSR count). The van der Waals surface area contributed by atoms with E-state index in [1.165, 1.54) is 5.56 Å². The maximum absolute atomic E-state index is 12.6. The van der Waals surface area contributed by atoms with Crippen LogP contribution in [0, 0.1) is 0 Å². The lowest BCUT2D eigenvalue weighted by atomic mass is 10.0. The Morgan fingerprint density at radius 1 is 0.909 bits per heavy atom. The van der Waals surface area contributed by atoms with E-state index in [4.69, 9.17) is 9.47 Å². The second kappa shape index (κ2) is 8.35. The van der Waals surface area contributed by atoms with Gasteiger partial charge in [0.1, 0.15) is 18.9 Å². The smallest absolute Gasteiger partial charge is 0.252 e. The van der Waals surface area contributed by atoms with E-state index in [2.05, 4.69) is 22.3 Å². The second-order valence-electron chi connectivity index (χ2n) is 9.19. The average Bonchev–Trinajstić information content (AvgIpc) is 3.23. The number of fused-ring (bicyclic) bond motifs is 1. The molecule has 5 heterocycles. The zero-order valence-electron chi connectivity index (χ0n) is 18.5. The normalized spacial score (nSPS) is 20.4. The number of nitrogens with zero attached hydrogens (tertiary/aromatic N) is 3. The zero-order chi connectivity index (χ0) is 22.4. The molecule has 0 aliphatic carbocycles. The van der Waals surface area contributed by atoms with Crippen LogP contribution in [0.5, 0.6) is 11.5 Å². The van der Waals surface area contributed by atoms with E-state index >= 15 is 0 Å². The van der Waals surface area contributed by atoms with Crippen LogP contribution in [-0.4, -0.2) is 52.9 Å². The van der Waals surface area contributed by atoms with Crippen LogP contribution in [-0.2, 0) is 13.1 Å². The van der Waals surface area contributed by atoms with E-state index in [0.717, 1.165) is 61.6 Å². The molecule has 1 unspecified atom stereocenters. The number of aromatic nitrogens is 2. The molecule has 8 heteroatoms. The van der Waals surface area contributed by atoms with Crippen molar-refractivity contribution in [2.75, 3.05) is 32.8 Å². The van der Waals surface area contributed by atoms with E-state index in [0.29, 0.717) is 25.8 Å². The monoisotopic (exact) mass is 448 g/mol. The van der Waals surface area contributed by atoms with Crippen LogP contribution in [0.15, 0.2) is 52.1 Å². The van der Waals surface area contributed by atoms with Gasteiger partial charge >= 0.3 is 0 Å². The molecule has 0 spiro atoms. The zero-order valence-corrected chi connectivity index (χ0v) is 18.5. The Morgan fingerprint density at radius 2 is 1.67 bits per heavy atom. The number of hydrogen-bond acceptors (Lipinski definition) is 6. The predicted octanol–water partition coefficient (Wildman–Crippen LogP) is 1.74. The van der Waals surface area contributed by atoms with Crippen molar-refractivity contribution >= 4 is 11.0 Å². The molecule has 0 radical (unpaired) electrons. The fraction of sp³-hybridized carbons (Fsp3) is 0.440. The van der Waals surface area contributed by atoms with Crippen molar-refractivity contribution in [3.05, 3.63) is 68.7 Å². The Balaban J connectivity index is 1.06. The van der Waals surface area contributed by atoms with Crippen molar-refractivity contribution < 1.29 is 9.47 Å². The van der Waals surface area contributed by atoms with Crippen LogP contribution in [0.3, 0.4) is 0 Å². The molecule has 1 aromatic carbocycles. The fourth-order valence-electron chi connectivity index (χ4n) is 5.37. The van der Waals surface area contributed by atoms with Gasteiger partial charge in [0, 0.05) is 43.2 Å². The van der Waals surface area contributed by atoms with Gasteiger partial charge < -0.3 is 19.7 Å². The number of pyridine rings is 2. The minimum absolute atomic E-state index is 0.00137. The van der Waals surface area contributed by atoms with E-state index in [-0.39, 0.29) is 17.2 Å². The highest BCUT2D eigenvalue weighted by Gasteiger charge is 2.29. The summed E-state index contributed by atoms with van der Waals surface area (Å²) in [5.74, 6) is 1.65. The highest BCUT2D eigenvalue weighted by Crippen LogP contribution is 2.31. The number of hydrogen-bond donors (Lipinski definition) is 1. The van der Waals surface area contributed by atoms with Gasteiger partial charge in [0.05, 0.1) is 6.04 Å². The SMILES string of the molecule is O=c1ccc2ccc(=O)n3c2n1CC3CN1CCC(NCc2ccc3c(c2)OCCO3)CC1. The quantitative estimate of drug-likeness (QED) is 0.641. The molecule has 0 amide bonds. The largest absolute Gasteiger partial charge is 0.486 e. The van der Waals surface area contributed by atoms with Crippen LogP contribution < -0.4 is 25.9 Å². The molecule has 8 nitrogen and oxygen atoms in total. The molecule has 172 valence electrons. The highest BCUT2D eigenvalue weighted by molar-refractivity contribution is 5.76. The van der Waals surface area contributed by atoms with Gasteiger partial charge in [-0.1, -0.05) is 6.07 Å². The molecule has 1 fully saturated rings. The number of likely N-dealkylation sites (tertiary alicyclic amines) is 1. The first-order chi connectivity index (χ1) is 16.2. The average molecular weight is 449 g/mol. The van der Waals surface area contributed by atoms with Gasteiger partial charge in [-0.05, 0) is 55.8 Å². The van der Waals surface area contributed by atoms with E-state index in [9.17, 15) is 9.59 Å². The van der Waals surface area contributed by atoms with Crippen molar-refractivity contribution in [3.8, 4) is 11.5 Å². The van der Waals surface area contributed by atoms with Gasteiger partial charge in [-0.15, -0.1) is 0 Å². The van der Waals surface area contributed by atoms with Gasteiger partial charge in [-0.25, -0.2) is 0 Å². The molecule has 1 saturated heterocycles. The lowest BCUT2D eigenvalue weighted by Crippen LogP contribution is -2.44. The Hall–Kier alpha value is -3.10. The molecule has 3 aliphatic rings. The first-order valence-electron chi connectivity index (χ1n) is 11.7. The Morgan fingerprint density at radius 3 is 2.48 bits per heavy atom. The third kappa shape index (κ3) is 3.83. The Labute approximate surface area is 191 Å². The van der Waals surface area contributed by atoms with Crippen LogP contribution >= 0.6 is 0 Å². The third-order valence-corrected chi connectivity index (χ3v) is 7.07. The first kappa shape index (κ1) is 20.5. The maximum atomic E-state index is 12.6. The summed E-state index contributed by atoms with van der Waals surface area (Å²) in [6.45, 7) is 5.32. The minimum Gasteiger partial charge on any atom is -0.486 e. The lowest BCUT2D eigenvalue weighted by Gasteiger charge is -2.34. The molecule has 1 atom stereocenters. The number of rotatable bonds is 5. The first-order valence-corrected chi connectivity index (χ1v) is 11.7. The number of nitrogens with one attached hydrogen (secondary N) is 1. The molecule has 1 N–H and O–H groups in total. The molecule has 2 aromatic heterocycles. The summed E-state index contributed by atoms with van der Waals surface area (Å²) in [5.41, 5.74) is 1.89. The van der Waals surface area contributed by atoms with Gasteiger partial charge in [-0.2, -0.15) is 0 Å². The van der Waals surface area contributed by atoms with E-state index < -0.39 is 0 Å². The molecular weight excluding hydrogens is 420 g/mol. The molecule has 0 bridgehead atoms. The summed E-state index contributed by atoms with van der Waals surface area (Å²) in [5, 5.41) is 4.63. The van der Waals surface area contributed by atoms with Crippen molar-refractivity contribution in [1.29, 1.82) is 0 Å². The van der Waals surface area contributed by atoms with Crippen LogP contribution in [0.2, 0.25) is 0 Å². The Kier molecular flexibility index (Phi) is 5.19. The Bertz CT molecular complexity index is 1300. The number of benzene rings is 1. The van der Waals surface area contributed by atoms with Crippen molar-refractivity contribution in [2.45, 2.75) is 38.0 Å². The summed E-state index contributed by atoms with van der Waals surface area (Å²) < 4.78 is 14.9. The summed E-state index contributed by atoms with van der Waals surface area (Å²) in [7, 11) is 0. The molecule has 33 heavy (non-hydrogen) atoms. The van der Waals surface area contributed by atoms with Gasteiger partial charge in [0.15, 0.2) is 11.5 Å². The van der Waals surface area contributed by atoms with Crippen molar-refractivity contribution in [3.63, 3.8) is 0 Å². The van der Waals surface area contributed by atoms with E-state index in [1.54, 1.807) is 16.7 Å². The highest BCUT2D eigenvalue weighted by atomic mass is 16.6. The second-order valence-corrected chi connectivity index (χ2v) is 9.19. The molecule has 0 saturated carbocycles. The number of piperidine rings is 1. The molecular formula is C25H28N4O4. The minimum atomic E-state index is -0.0357. The summed E-state index contributed by atoms with van der Waals surface area (Å²) >= 11 is 0. The fourth-order valence-corrected chi connectivity index (χ4v) is 5.37. The molecule has 3 aliphatic heterocycles. The summed E-state index contributed by atoms with van der Waals surface area (Å²) in [6, 6.07) is 13.4.